The Kier molecular flexibility index (Phi) is 10.9. The molecule has 5 atom stereocenters. The number of carbonyl (C=O) groups excluding carboxylic acids is 1. The highest BCUT2D eigenvalue weighted by molar-refractivity contribution is 7.89. The maximum Gasteiger partial charge on any atom is 0.214 e. The molecule has 3 aliphatic rings. The summed E-state index contributed by atoms with van der Waals surface area (Å²) in [6, 6.07) is 6.69. The molecule has 1 saturated carbocycles. The van der Waals surface area contributed by atoms with Gasteiger partial charge in [0.05, 0.1) is 18.0 Å². The van der Waals surface area contributed by atoms with E-state index in [-0.39, 0.29) is 41.9 Å². The highest BCUT2D eigenvalue weighted by Gasteiger charge is 2.39. The van der Waals surface area contributed by atoms with Crippen LogP contribution in [0.3, 0.4) is 0 Å². The van der Waals surface area contributed by atoms with Crippen LogP contribution < -0.4 is 11.1 Å². The van der Waals surface area contributed by atoms with Gasteiger partial charge in [-0.1, -0.05) is 23.7 Å². The SMILES string of the molecule is COCC1CCC([C@H](c2ccc(Cl)cc2)[C@H](N)C(=O)Cc2cncc(F)c2CC[C@H]2CN[C@@H]3CCCS(=O)(=O)N2C3)CC1. The summed E-state index contributed by atoms with van der Waals surface area (Å²) in [5.41, 5.74) is 8.69. The van der Waals surface area contributed by atoms with E-state index in [4.69, 9.17) is 22.1 Å². The first-order valence-corrected chi connectivity index (χ1v) is 17.5. The maximum absolute atomic E-state index is 15.2. The van der Waals surface area contributed by atoms with Crippen molar-refractivity contribution >= 4 is 27.4 Å². The lowest BCUT2D eigenvalue weighted by Crippen LogP contribution is -2.57. The Morgan fingerprint density at radius 2 is 1.93 bits per heavy atom. The molecular weight excluding hydrogens is 591 g/mol. The van der Waals surface area contributed by atoms with Gasteiger partial charge in [0.2, 0.25) is 10.0 Å². The number of ketones is 1. The molecule has 0 radical (unpaired) electrons. The van der Waals surface area contributed by atoms with Gasteiger partial charge in [0.1, 0.15) is 5.82 Å². The smallest absolute Gasteiger partial charge is 0.214 e. The number of nitrogens with two attached hydrogens (primary N) is 1. The van der Waals surface area contributed by atoms with Crippen LogP contribution in [0.5, 0.6) is 0 Å². The van der Waals surface area contributed by atoms with Gasteiger partial charge in [-0.25, -0.2) is 12.8 Å². The van der Waals surface area contributed by atoms with Crippen LogP contribution in [0.1, 0.15) is 67.6 Å². The molecule has 43 heavy (non-hydrogen) atoms. The summed E-state index contributed by atoms with van der Waals surface area (Å²) in [6.45, 7) is 1.72. The molecule has 11 heteroatoms. The summed E-state index contributed by atoms with van der Waals surface area (Å²) in [4.78, 5) is 17.9. The zero-order valence-electron chi connectivity index (χ0n) is 24.9. The zero-order chi connectivity index (χ0) is 30.6. The number of fused-ring (bicyclic) bond motifs is 2. The minimum atomic E-state index is -3.35. The van der Waals surface area contributed by atoms with E-state index < -0.39 is 21.9 Å². The molecule has 3 N–H and O–H groups in total. The molecule has 2 saturated heterocycles. The van der Waals surface area contributed by atoms with Gasteiger partial charge in [-0.2, -0.15) is 4.31 Å². The number of carbonyl (C=O) groups is 1. The number of methoxy groups -OCH3 is 1. The van der Waals surface area contributed by atoms with Gasteiger partial charge in [0.25, 0.3) is 0 Å². The summed E-state index contributed by atoms with van der Waals surface area (Å²) in [5, 5.41) is 4.09. The molecule has 2 bridgehead atoms. The molecular formula is C32H44ClFN4O4S. The largest absolute Gasteiger partial charge is 0.384 e. The van der Waals surface area contributed by atoms with E-state index in [9.17, 15) is 13.2 Å². The summed E-state index contributed by atoms with van der Waals surface area (Å²) in [5.74, 6) is 0.0554. The van der Waals surface area contributed by atoms with Crippen molar-refractivity contribution in [1.29, 1.82) is 0 Å². The van der Waals surface area contributed by atoms with Gasteiger partial charge < -0.3 is 15.8 Å². The maximum atomic E-state index is 15.2. The first-order valence-electron chi connectivity index (χ1n) is 15.5. The number of nitrogens with zero attached hydrogens (tertiary/aromatic N) is 2. The molecule has 0 spiro atoms. The molecule has 2 aliphatic heterocycles. The van der Waals surface area contributed by atoms with Crippen LogP contribution in [0.25, 0.3) is 0 Å². The third kappa shape index (κ3) is 7.83. The van der Waals surface area contributed by atoms with Gasteiger partial charge in [0, 0.05) is 62.4 Å². The topological polar surface area (TPSA) is 115 Å². The van der Waals surface area contributed by atoms with Gasteiger partial charge >= 0.3 is 0 Å². The summed E-state index contributed by atoms with van der Waals surface area (Å²) < 4.78 is 48.0. The number of Topliss-reactive ketones (excluding diaryl/α,β-unsaturated/α-hetero) is 1. The molecule has 1 aliphatic carbocycles. The van der Waals surface area contributed by atoms with Crippen LogP contribution in [0.2, 0.25) is 5.02 Å². The van der Waals surface area contributed by atoms with E-state index in [0.717, 1.165) is 50.5 Å². The Hall–Kier alpha value is -1.95. The van der Waals surface area contributed by atoms with Gasteiger partial charge in [-0.3, -0.25) is 9.78 Å². The van der Waals surface area contributed by atoms with E-state index in [0.29, 0.717) is 54.4 Å². The molecule has 1 aromatic carbocycles. The Balaban J connectivity index is 1.31. The molecule has 2 aromatic rings. The fourth-order valence-electron chi connectivity index (χ4n) is 7.40. The summed E-state index contributed by atoms with van der Waals surface area (Å²) >= 11 is 6.18. The van der Waals surface area contributed by atoms with Crippen molar-refractivity contribution < 1.29 is 22.3 Å². The Morgan fingerprint density at radius 1 is 1.19 bits per heavy atom. The molecule has 8 nitrogen and oxygen atoms in total. The quantitative estimate of drug-likeness (QED) is 0.380. The Labute approximate surface area is 260 Å². The van der Waals surface area contributed by atoms with Crippen LogP contribution in [0.15, 0.2) is 36.7 Å². The first-order chi connectivity index (χ1) is 20.7. The summed E-state index contributed by atoms with van der Waals surface area (Å²) in [6.07, 6.45) is 8.84. The highest BCUT2D eigenvalue weighted by Crippen LogP contribution is 2.40. The monoisotopic (exact) mass is 634 g/mol. The number of piperazine rings is 1. The number of halogens is 2. The minimum absolute atomic E-state index is 0.0304. The summed E-state index contributed by atoms with van der Waals surface area (Å²) in [7, 11) is -1.62. The van der Waals surface area contributed by atoms with Crippen molar-refractivity contribution in [3.05, 3.63) is 64.2 Å². The first kappa shape index (κ1) is 32.4. The van der Waals surface area contributed by atoms with Crippen LogP contribution in [-0.2, 0) is 32.4 Å². The predicted molar refractivity (Wildman–Crippen MR) is 166 cm³/mol. The van der Waals surface area contributed by atoms with Gasteiger partial charge in [-0.15, -0.1) is 0 Å². The molecule has 1 aromatic heterocycles. The second-order valence-corrected chi connectivity index (χ2v) is 15.0. The van der Waals surface area contributed by atoms with Crippen molar-refractivity contribution in [2.45, 2.75) is 81.8 Å². The van der Waals surface area contributed by atoms with E-state index in [1.54, 1.807) is 17.6 Å². The van der Waals surface area contributed by atoms with E-state index in [1.165, 1.54) is 0 Å². The van der Waals surface area contributed by atoms with E-state index >= 15 is 4.39 Å². The number of sulfonamides is 1. The fourth-order valence-corrected chi connectivity index (χ4v) is 9.34. The second-order valence-electron chi connectivity index (χ2n) is 12.6. The number of benzene rings is 1. The van der Waals surface area contributed by atoms with Crippen molar-refractivity contribution in [3.63, 3.8) is 0 Å². The third-order valence-electron chi connectivity index (χ3n) is 9.76. The predicted octanol–water partition coefficient (Wildman–Crippen LogP) is 4.25. The number of aromatic nitrogens is 1. The molecule has 5 rings (SSSR count). The molecule has 236 valence electrons. The number of ether oxygens (including phenoxy) is 1. The number of hydrogen-bond donors (Lipinski definition) is 2. The molecule has 0 amide bonds. The van der Waals surface area contributed by atoms with Crippen molar-refractivity contribution in [1.82, 2.24) is 14.6 Å². The zero-order valence-corrected chi connectivity index (χ0v) is 26.5. The standard InChI is InChI=1S/C32H44ClFN4O4S/c1-42-20-21-4-6-22(7-5-21)31(23-8-10-25(33)11-9-23)32(35)30(39)15-24-16-36-18-29(34)28(24)13-12-27-17-37-26-3-2-14-43(40,41)38(27)19-26/h8-11,16,18,21-22,26-27,31-32,37H,2-7,12-15,17,19-20,35H2,1H3/t21?,22?,26-,27+,31-,32-/m1/s1. The van der Waals surface area contributed by atoms with E-state index in [2.05, 4.69) is 10.3 Å². The molecule has 1 unspecified atom stereocenters. The number of rotatable bonds is 11. The third-order valence-corrected chi connectivity index (χ3v) is 12.0. The minimum Gasteiger partial charge on any atom is -0.384 e. The van der Waals surface area contributed by atoms with Crippen LogP contribution >= 0.6 is 11.6 Å². The van der Waals surface area contributed by atoms with Crippen LogP contribution in [0.4, 0.5) is 4.39 Å². The lowest BCUT2D eigenvalue weighted by Gasteiger charge is -2.37. The number of hydrogen-bond acceptors (Lipinski definition) is 7. The van der Waals surface area contributed by atoms with Crippen molar-refractivity contribution in [2.24, 2.45) is 17.6 Å². The van der Waals surface area contributed by atoms with Gasteiger partial charge in [-0.05, 0) is 92.0 Å². The van der Waals surface area contributed by atoms with Crippen LogP contribution in [0, 0.1) is 17.7 Å². The number of nitrogens with one attached hydrogen (secondary N) is 1. The average molecular weight is 635 g/mol. The normalized spacial score (nSPS) is 28.5. The molecule has 3 heterocycles. The Morgan fingerprint density at radius 3 is 2.65 bits per heavy atom. The van der Waals surface area contributed by atoms with Crippen molar-refractivity contribution in [3.8, 4) is 0 Å². The lowest BCUT2D eigenvalue weighted by atomic mass is 9.70. The number of pyridine rings is 1. The fraction of sp³-hybridized carbons (Fsp3) is 0.625. The van der Waals surface area contributed by atoms with Crippen molar-refractivity contribution in [2.75, 3.05) is 32.6 Å². The highest BCUT2D eigenvalue weighted by atomic mass is 35.5. The Bertz CT molecular complexity index is 1350. The second kappa shape index (κ2) is 14.4. The lowest BCUT2D eigenvalue weighted by molar-refractivity contribution is -0.120. The average Bonchev–Trinajstić information content (AvgIpc) is 3.10. The van der Waals surface area contributed by atoms with Gasteiger partial charge in [0.15, 0.2) is 5.78 Å². The van der Waals surface area contributed by atoms with E-state index in [1.807, 2.05) is 24.3 Å². The van der Waals surface area contributed by atoms with Crippen LogP contribution in [-0.4, -0.2) is 74.2 Å². The molecule has 3 fully saturated rings.